The Kier molecular flexibility index (Phi) is 11.3. The highest BCUT2D eigenvalue weighted by Gasteiger charge is 2.06. The number of rotatable bonds is 15. The summed E-state index contributed by atoms with van der Waals surface area (Å²) in [5, 5.41) is 4.93. The van der Waals surface area contributed by atoms with Gasteiger partial charge in [-0.3, -0.25) is 0 Å². The van der Waals surface area contributed by atoms with E-state index in [0.717, 1.165) is 72.2 Å². The molecule has 70 heavy (non-hydrogen) atoms. The fourth-order valence-electron chi connectivity index (χ4n) is 7.61. The molecule has 2 atom stereocenters. The van der Waals surface area contributed by atoms with Crippen LogP contribution in [-0.4, -0.2) is 152 Å². The molecule has 0 aliphatic heterocycles. The van der Waals surface area contributed by atoms with Gasteiger partial charge >= 0.3 is 0 Å². The molecule has 0 amide bonds. The van der Waals surface area contributed by atoms with Crippen molar-refractivity contribution in [1.82, 2.24) is 49.4 Å². The van der Waals surface area contributed by atoms with E-state index in [2.05, 4.69) is 37.1 Å². The molecule has 5 heterocycles. The van der Waals surface area contributed by atoms with E-state index in [4.69, 9.17) is 32.9 Å². The number of benzene rings is 5. The minimum atomic E-state index is -3.07. The van der Waals surface area contributed by atoms with Gasteiger partial charge in [-0.15, -0.1) is 0 Å². The summed E-state index contributed by atoms with van der Waals surface area (Å²) >= 11 is 0. The van der Waals surface area contributed by atoms with E-state index in [0.29, 0.717) is 28.2 Å². The molecule has 0 bridgehead atoms. The number of hydrogen-bond donors (Lipinski definition) is 5. The topological polar surface area (TPSA) is 95.2 Å². The maximum absolute atomic E-state index is 8.00. The average molecular weight is 966 g/mol. The Bertz CT molecular complexity index is 3930. The lowest BCUT2D eigenvalue weighted by atomic mass is 10.1. The first-order valence-corrected chi connectivity index (χ1v) is 22.7. The summed E-state index contributed by atoms with van der Waals surface area (Å²) in [5.41, 5.74) is 9.23. The Balaban J connectivity index is 0.000000187. The minimum absolute atomic E-state index is 0.0147. The molecule has 0 spiro atoms. The number of H-pyrrole nitrogens is 5. The van der Waals surface area contributed by atoms with Gasteiger partial charge in [-0.05, 0) is 160 Å². The molecule has 5 N–H and O–H groups in total. The first kappa shape index (κ1) is 29.1. The van der Waals surface area contributed by atoms with Gasteiger partial charge in [-0.25, -0.2) is 0 Å². The molecule has 370 valence electrons. The van der Waals surface area contributed by atoms with Gasteiger partial charge in [0.2, 0.25) is 0 Å². The molecule has 0 aliphatic rings. The molecular weight excluding hydrogens is 861 g/mol. The Morgan fingerprint density at radius 2 is 0.614 bits per heavy atom. The highest BCUT2D eigenvalue weighted by molar-refractivity contribution is 5.85. The Hall–Kier alpha value is -6.40. The van der Waals surface area contributed by atoms with Gasteiger partial charge in [-0.2, -0.15) is 0 Å². The predicted molar refractivity (Wildman–Crippen MR) is 303 cm³/mol. The van der Waals surface area contributed by atoms with Crippen molar-refractivity contribution in [2.45, 2.75) is 32.1 Å². The minimum Gasteiger partial charge on any atom is -0.361 e. The largest absolute Gasteiger partial charge is 0.361 e. The van der Waals surface area contributed by atoms with Crippen LogP contribution in [0.4, 0.5) is 0 Å². The van der Waals surface area contributed by atoms with Crippen molar-refractivity contribution in [3.8, 4) is 0 Å². The van der Waals surface area contributed by atoms with Crippen LogP contribution in [0.5, 0.6) is 0 Å². The predicted octanol–water partition coefficient (Wildman–Crippen LogP) is 11.4. The number of para-hydroxylation sites is 5. The molecule has 0 fully saturated rings. The fraction of sp³-hybridized carbons (Fsp3) is 0.333. The Morgan fingerprint density at radius 1 is 0.329 bits per heavy atom. The zero-order valence-electron chi connectivity index (χ0n) is 64.1. The van der Waals surface area contributed by atoms with Crippen LogP contribution >= 0.6 is 0 Å². The van der Waals surface area contributed by atoms with Gasteiger partial charge in [0, 0.05) is 151 Å². The SMILES string of the molecule is [2H]C(Cc1c[nH]c2ccccc12)N(C([2H])([2H])[2H])C([2H])([2H])[2H].[2H]C(Cc1c[nH]c2ccccc12)N(C)C.[2H]C([2H])(Cc1c[nH]c2ccccc12)N(C)C.[2H]C([2H])([2H])N(C([2H])([2H])[2H])C([2H])([2H])Cc1c[nH]c2ccccc12.[2H]C([2H])([2H])N(CCc1c[nH]c2ccccc12)C([2H])([2H])[2H]. The summed E-state index contributed by atoms with van der Waals surface area (Å²) < 4.78 is 180. The molecule has 0 saturated heterocycles. The van der Waals surface area contributed by atoms with E-state index < -0.39 is 61.4 Å². The average Bonchev–Trinajstić information content (AvgIpc) is 0.952. The van der Waals surface area contributed by atoms with Crippen molar-refractivity contribution >= 4 is 54.5 Å². The zero-order valence-corrected chi connectivity index (χ0v) is 40.1. The molecule has 10 rings (SSSR count). The third-order valence-electron chi connectivity index (χ3n) is 11.2. The van der Waals surface area contributed by atoms with E-state index in [1.165, 1.54) is 10.9 Å². The summed E-state index contributed by atoms with van der Waals surface area (Å²) in [6.07, 6.45) is 10.1. The first-order valence-electron chi connectivity index (χ1n) is 34.9. The first-order chi connectivity index (χ1) is 43.4. The molecule has 0 radical (unpaired) electrons. The lowest BCUT2D eigenvalue weighted by Gasteiger charge is -2.07. The van der Waals surface area contributed by atoms with Crippen molar-refractivity contribution < 1.29 is 32.9 Å². The van der Waals surface area contributed by atoms with E-state index in [1.807, 2.05) is 122 Å². The molecule has 10 heteroatoms. The number of aromatic nitrogens is 5. The van der Waals surface area contributed by atoms with Gasteiger partial charge in [-0.1, -0.05) is 91.0 Å². The number of aromatic amines is 5. The maximum atomic E-state index is 8.00. The standard InChI is InChI=1S/5C12H16N2/c5*1-14(2)8-7-10-9-13-12-6-4-3-5-11(10)12/h5*3-6,9,13H,7-8H2,1-2H3/i1D3,2D3,8D2;1D3,2D3,8D;1D3,2D3;8D2;8D. The van der Waals surface area contributed by atoms with Gasteiger partial charge in [0.25, 0.3) is 0 Å². The third kappa shape index (κ3) is 16.1. The number of hydrogen-bond acceptors (Lipinski definition) is 5. The van der Waals surface area contributed by atoms with E-state index in [1.54, 1.807) is 55.8 Å². The van der Waals surface area contributed by atoms with E-state index in [-0.39, 0.29) is 30.8 Å². The molecular formula is C60H80N10. The number of nitrogens with zero attached hydrogens (tertiary/aromatic N) is 5. The highest BCUT2D eigenvalue weighted by atomic mass is 15.1. The van der Waals surface area contributed by atoms with E-state index in [9.17, 15) is 0 Å². The number of nitrogens with one attached hydrogen (secondary N) is 5. The Morgan fingerprint density at radius 3 is 0.929 bits per heavy atom. The summed E-state index contributed by atoms with van der Waals surface area (Å²) in [6, 6.07) is 38.4. The lowest BCUT2D eigenvalue weighted by molar-refractivity contribution is 0.414. The second kappa shape index (κ2) is 27.1. The van der Waals surface area contributed by atoms with Gasteiger partial charge in [0.15, 0.2) is 0 Å². The molecule has 10 aromatic rings. The summed E-state index contributed by atoms with van der Waals surface area (Å²) in [4.78, 5) is 19.9. The molecule has 2 unspecified atom stereocenters. The number of aryl methyl sites for hydroxylation is 4. The van der Waals surface area contributed by atoms with E-state index >= 15 is 0 Å². The van der Waals surface area contributed by atoms with Crippen LogP contribution in [0.2, 0.25) is 0 Å². The molecule has 0 saturated carbocycles. The van der Waals surface area contributed by atoms with Crippen LogP contribution < -0.4 is 0 Å². The van der Waals surface area contributed by atoms with Crippen LogP contribution in [0, 0.1) is 0 Å². The molecule has 10 nitrogen and oxygen atoms in total. The van der Waals surface area contributed by atoms with Crippen molar-refractivity contribution in [2.24, 2.45) is 0 Å². The van der Waals surface area contributed by atoms with Crippen LogP contribution in [0.1, 0.15) is 60.7 Å². The van der Waals surface area contributed by atoms with Gasteiger partial charge in [0.05, 0.1) is 0 Å². The maximum Gasteiger partial charge on any atom is 0.0456 e. The Labute approximate surface area is 451 Å². The monoisotopic (exact) mass is 965 g/mol. The number of likely N-dealkylation sites (N-methyl/N-ethyl adjacent to an activating group) is 5. The summed E-state index contributed by atoms with van der Waals surface area (Å²) in [7, 11) is 7.39. The lowest BCUT2D eigenvalue weighted by Crippen LogP contribution is -2.14. The number of fused-ring (bicyclic) bond motifs is 5. The van der Waals surface area contributed by atoms with Crippen molar-refractivity contribution in [3.63, 3.8) is 0 Å². The van der Waals surface area contributed by atoms with Gasteiger partial charge in [0.1, 0.15) is 0 Å². The van der Waals surface area contributed by atoms with Crippen LogP contribution in [0.15, 0.2) is 152 Å². The van der Waals surface area contributed by atoms with Crippen LogP contribution in [-0.2, 0) is 32.1 Å². The fourth-order valence-corrected chi connectivity index (χ4v) is 7.61. The van der Waals surface area contributed by atoms with Crippen molar-refractivity contribution in [1.29, 1.82) is 0 Å². The normalized spacial score (nSPS) is 18.8. The summed E-state index contributed by atoms with van der Waals surface area (Å²) in [5.74, 6) is 0. The van der Waals surface area contributed by atoms with Crippen LogP contribution in [0.3, 0.4) is 0 Å². The third-order valence-corrected chi connectivity index (χ3v) is 11.2. The summed E-state index contributed by atoms with van der Waals surface area (Å²) in [6.45, 7) is -22.6. The molecule has 5 aromatic carbocycles. The van der Waals surface area contributed by atoms with Crippen molar-refractivity contribution in [2.75, 3.05) is 103 Å². The van der Waals surface area contributed by atoms with Crippen LogP contribution in [0.25, 0.3) is 54.5 Å². The highest BCUT2D eigenvalue weighted by Crippen LogP contribution is 2.22. The van der Waals surface area contributed by atoms with Gasteiger partial charge < -0.3 is 49.4 Å². The zero-order chi connectivity index (χ0) is 70.2. The molecule has 0 aliphatic carbocycles. The quantitative estimate of drug-likeness (QED) is 0.0706. The second-order valence-corrected chi connectivity index (χ2v) is 16.7. The second-order valence-electron chi connectivity index (χ2n) is 16.7. The molecule has 5 aromatic heterocycles. The van der Waals surface area contributed by atoms with Crippen molar-refractivity contribution in [3.05, 3.63) is 180 Å². The smallest absolute Gasteiger partial charge is 0.0456 e.